The van der Waals surface area contributed by atoms with Gasteiger partial charge in [0.1, 0.15) is 0 Å². The number of ether oxygens (including phenoxy) is 1. The summed E-state index contributed by atoms with van der Waals surface area (Å²) >= 11 is 9.04. The molecule has 0 amide bonds. The Bertz CT molecular complexity index is 478. The van der Waals surface area contributed by atoms with Gasteiger partial charge in [0.05, 0.1) is 18.0 Å². The summed E-state index contributed by atoms with van der Waals surface area (Å²) in [5.74, 6) is -0.0835. The summed E-state index contributed by atoms with van der Waals surface area (Å²) in [4.78, 5) is 0. The minimum atomic E-state index is -3.41. The molecule has 0 heterocycles. The number of halogens is 2. The normalized spacial score (nSPS) is 11.5. The average molecular weight is 343 g/mol. The van der Waals surface area contributed by atoms with Gasteiger partial charge in [-0.3, -0.25) is 4.72 Å². The standard InChI is InChI=1S/C10H13BrClNO3S/c1-2-16-5-6-17(14,15)13-10-7-8(12)3-4-9(10)11/h3-4,7,13H,2,5-6H2,1H3. The highest BCUT2D eigenvalue weighted by molar-refractivity contribution is 9.10. The van der Waals surface area contributed by atoms with Crippen LogP contribution in [0, 0.1) is 0 Å². The summed E-state index contributed by atoms with van der Waals surface area (Å²) in [5, 5.41) is 0.468. The van der Waals surface area contributed by atoms with Crippen LogP contribution in [0.15, 0.2) is 22.7 Å². The highest BCUT2D eigenvalue weighted by Gasteiger charge is 2.12. The lowest BCUT2D eigenvalue weighted by atomic mass is 10.3. The highest BCUT2D eigenvalue weighted by Crippen LogP contribution is 2.26. The number of hydrogen-bond donors (Lipinski definition) is 1. The molecule has 0 aromatic heterocycles. The Labute approximate surface area is 114 Å². The van der Waals surface area contributed by atoms with E-state index in [1.807, 2.05) is 6.92 Å². The average Bonchev–Trinajstić information content (AvgIpc) is 2.23. The minimum absolute atomic E-state index is 0.0835. The smallest absolute Gasteiger partial charge is 0.235 e. The van der Waals surface area contributed by atoms with Gasteiger partial charge in [0.15, 0.2) is 0 Å². The Morgan fingerprint density at radius 1 is 1.47 bits per heavy atom. The van der Waals surface area contributed by atoms with Crippen LogP contribution in [0.25, 0.3) is 0 Å². The van der Waals surface area contributed by atoms with Crippen molar-refractivity contribution >= 4 is 43.2 Å². The van der Waals surface area contributed by atoms with Crippen molar-refractivity contribution in [1.29, 1.82) is 0 Å². The summed E-state index contributed by atoms with van der Waals surface area (Å²) < 4.78 is 31.5. The van der Waals surface area contributed by atoms with Crippen molar-refractivity contribution in [3.63, 3.8) is 0 Å². The van der Waals surface area contributed by atoms with Crippen LogP contribution in [0.3, 0.4) is 0 Å². The maximum Gasteiger partial charge on any atom is 0.235 e. The lowest BCUT2D eigenvalue weighted by molar-refractivity contribution is 0.163. The van der Waals surface area contributed by atoms with Crippen molar-refractivity contribution in [3.8, 4) is 0 Å². The van der Waals surface area contributed by atoms with Crippen LogP contribution in [-0.2, 0) is 14.8 Å². The first-order valence-corrected chi connectivity index (χ1v) is 7.80. The molecule has 0 spiro atoms. The molecule has 96 valence electrons. The maximum absolute atomic E-state index is 11.7. The van der Waals surface area contributed by atoms with Gasteiger partial charge in [0.2, 0.25) is 10.0 Å². The molecule has 0 unspecified atom stereocenters. The van der Waals surface area contributed by atoms with Crippen LogP contribution in [-0.4, -0.2) is 27.4 Å². The van der Waals surface area contributed by atoms with E-state index in [9.17, 15) is 8.42 Å². The van der Waals surface area contributed by atoms with E-state index in [4.69, 9.17) is 16.3 Å². The number of nitrogens with one attached hydrogen (secondary N) is 1. The fourth-order valence-electron chi connectivity index (χ4n) is 1.11. The third kappa shape index (κ3) is 5.25. The lowest BCUT2D eigenvalue weighted by Gasteiger charge is -2.10. The number of rotatable bonds is 6. The Morgan fingerprint density at radius 2 is 2.18 bits per heavy atom. The zero-order chi connectivity index (χ0) is 12.9. The van der Waals surface area contributed by atoms with E-state index >= 15 is 0 Å². The molecule has 1 N–H and O–H groups in total. The Kier molecular flexibility index (Phi) is 5.72. The predicted octanol–water partition coefficient (Wildman–Crippen LogP) is 2.88. The summed E-state index contributed by atoms with van der Waals surface area (Å²) in [5.41, 5.74) is 0.425. The van der Waals surface area contributed by atoms with Crippen LogP contribution in [0.4, 0.5) is 5.69 Å². The van der Waals surface area contributed by atoms with Crippen LogP contribution in [0.1, 0.15) is 6.92 Å². The number of sulfonamides is 1. The van der Waals surface area contributed by atoms with Gasteiger partial charge in [-0.1, -0.05) is 11.6 Å². The van der Waals surface area contributed by atoms with Gasteiger partial charge in [-0.15, -0.1) is 0 Å². The first kappa shape index (κ1) is 14.8. The van der Waals surface area contributed by atoms with Crippen LogP contribution >= 0.6 is 27.5 Å². The Morgan fingerprint density at radius 3 is 2.82 bits per heavy atom. The minimum Gasteiger partial charge on any atom is -0.381 e. The predicted molar refractivity (Wildman–Crippen MR) is 73.1 cm³/mol. The summed E-state index contributed by atoms with van der Waals surface area (Å²) in [7, 11) is -3.41. The van der Waals surface area contributed by atoms with Gasteiger partial charge in [0, 0.05) is 16.1 Å². The second-order valence-corrected chi connectivity index (χ2v) is 6.37. The van der Waals surface area contributed by atoms with Gasteiger partial charge < -0.3 is 4.74 Å². The molecular weight excluding hydrogens is 330 g/mol. The molecule has 0 aliphatic heterocycles. The van der Waals surface area contributed by atoms with E-state index < -0.39 is 10.0 Å². The van der Waals surface area contributed by atoms with E-state index in [-0.39, 0.29) is 12.4 Å². The maximum atomic E-state index is 11.7. The van der Waals surface area contributed by atoms with Crippen molar-refractivity contribution < 1.29 is 13.2 Å². The molecule has 4 nitrogen and oxygen atoms in total. The quantitative estimate of drug-likeness (QED) is 0.809. The number of benzene rings is 1. The molecule has 0 bridgehead atoms. The summed E-state index contributed by atoms with van der Waals surface area (Å²) in [6.45, 7) is 2.48. The molecule has 7 heteroatoms. The molecule has 1 aromatic carbocycles. The van der Waals surface area contributed by atoms with Gasteiger partial charge in [0.25, 0.3) is 0 Å². The topological polar surface area (TPSA) is 55.4 Å². The highest BCUT2D eigenvalue weighted by atomic mass is 79.9. The second-order valence-electron chi connectivity index (χ2n) is 3.24. The van der Waals surface area contributed by atoms with Crippen molar-refractivity contribution in [2.45, 2.75) is 6.92 Å². The monoisotopic (exact) mass is 341 g/mol. The van der Waals surface area contributed by atoms with Crippen molar-refractivity contribution in [1.82, 2.24) is 0 Å². The fourth-order valence-corrected chi connectivity index (χ4v) is 2.70. The van der Waals surface area contributed by atoms with E-state index in [0.29, 0.717) is 21.8 Å². The van der Waals surface area contributed by atoms with E-state index in [0.717, 1.165) is 0 Å². The molecule has 0 fully saturated rings. The first-order chi connectivity index (χ1) is 7.94. The SMILES string of the molecule is CCOCCS(=O)(=O)Nc1cc(Cl)ccc1Br. The van der Waals surface area contributed by atoms with Crippen molar-refractivity contribution in [3.05, 3.63) is 27.7 Å². The van der Waals surface area contributed by atoms with E-state index in [1.165, 1.54) is 0 Å². The van der Waals surface area contributed by atoms with Crippen LogP contribution in [0.2, 0.25) is 5.02 Å². The van der Waals surface area contributed by atoms with E-state index in [2.05, 4.69) is 20.7 Å². The third-order valence-electron chi connectivity index (χ3n) is 1.89. The molecule has 1 rings (SSSR count). The summed E-state index contributed by atoms with van der Waals surface area (Å²) in [6, 6.07) is 4.90. The van der Waals surface area contributed by atoms with Gasteiger partial charge in [-0.2, -0.15) is 0 Å². The second kappa shape index (κ2) is 6.58. The Balaban J connectivity index is 2.72. The zero-order valence-electron chi connectivity index (χ0n) is 9.24. The van der Waals surface area contributed by atoms with Crippen LogP contribution < -0.4 is 4.72 Å². The van der Waals surface area contributed by atoms with E-state index in [1.54, 1.807) is 18.2 Å². The molecule has 0 saturated heterocycles. The van der Waals surface area contributed by atoms with Gasteiger partial charge in [-0.05, 0) is 41.1 Å². The third-order valence-corrected chi connectivity index (χ3v) is 4.06. The first-order valence-electron chi connectivity index (χ1n) is 4.98. The lowest BCUT2D eigenvalue weighted by Crippen LogP contribution is -2.20. The van der Waals surface area contributed by atoms with Crippen molar-refractivity contribution in [2.75, 3.05) is 23.7 Å². The Hall–Kier alpha value is -0.300. The molecule has 0 aliphatic carbocycles. The summed E-state index contributed by atoms with van der Waals surface area (Å²) in [6.07, 6.45) is 0. The molecule has 0 radical (unpaired) electrons. The molecule has 1 aromatic rings. The molecule has 17 heavy (non-hydrogen) atoms. The number of anilines is 1. The number of hydrogen-bond acceptors (Lipinski definition) is 3. The molecule has 0 atom stereocenters. The van der Waals surface area contributed by atoms with Crippen molar-refractivity contribution in [2.24, 2.45) is 0 Å². The zero-order valence-corrected chi connectivity index (χ0v) is 12.4. The van der Waals surface area contributed by atoms with Gasteiger partial charge >= 0.3 is 0 Å². The molecule has 0 aliphatic rings. The largest absolute Gasteiger partial charge is 0.381 e. The molecule has 0 saturated carbocycles. The van der Waals surface area contributed by atoms with Crippen LogP contribution in [0.5, 0.6) is 0 Å². The van der Waals surface area contributed by atoms with Gasteiger partial charge in [-0.25, -0.2) is 8.42 Å². The fraction of sp³-hybridized carbons (Fsp3) is 0.400. The molecular formula is C10H13BrClNO3S.